The third-order valence-electron chi connectivity index (χ3n) is 3.56. The van der Waals surface area contributed by atoms with E-state index in [1.54, 1.807) is 18.2 Å². The molecule has 0 atom stereocenters. The van der Waals surface area contributed by atoms with E-state index in [4.69, 9.17) is 9.47 Å². The predicted molar refractivity (Wildman–Crippen MR) is 95.0 cm³/mol. The number of anilines is 2. The van der Waals surface area contributed by atoms with E-state index >= 15 is 0 Å². The van der Waals surface area contributed by atoms with Gasteiger partial charge in [-0.1, -0.05) is 0 Å². The fraction of sp³-hybridized carbons (Fsp3) is 0.389. The van der Waals surface area contributed by atoms with E-state index in [0.29, 0.717) is 36.1 Å². The maximum absolute atomic E-state index is 12.1. The molecule has 2 aromatic rings. The lowest BCUT2D eigenvalue weighted by Gasteiger charge is -2.16. The lowest BCUT2D eigenvalue weighted by atomic mass is 10.2. The van der Waals surface area contributed by atoms with E-state index in [-0.39, 0.29) is 5.91 Å². The molecule has 0 fully saturated rings. The molecule has 3 rings (SSSR count). The highest BCUT2D eigenvalue weighted by Gasteiger charge is 2.31. The van der Waals surface area contributed by atoms with Crippen LogP contribution in [0.5, 0.6) is 11.5 Å². The molecule has 1 aromatic heterocycles. The first-order valence-electron chi connectivity index (χ1n) is 8.19. The van der Waals surface area contributed by atoms with Crippen LogP contribution in [0.25, 0.3) is 0 Å². The molecule has 7 heteroatoms. The SMILES string of the molecule is Cc1cc(C)nc(NCCC(=O)Nc2ccc3c(c2)OC(C)(C)O3)n1. The summed E-state index contributed by atoms with van der Waals surface area (Å²) in [6, 6.07) is 7.25. The topological polar surface area (TPSA) is 85.4 Å². The molecule has 0 bridgehead atoms. The molecule has 1 aliphatic heterocycles. The van der Waals surface area contributed by atoms with E-state index < -0.39 is 5.79 Å². The van der Waals surface area contributed by atoms with Crippen molar-refractivity contribution in [3.05, 3.63) is 35.7 Å². The summed E-state index contributed by atoms with van der Waals surface area (Å²) < 4.78 is 11.3. The van der Waals surface area contributed by atoms with Gasteiger partial charge in [-0.2, -0.15) is 0 Å². The van der Waals surface area contributed by atoms with E-state index in [9.17, 15) is 4.79 Å². The van der Waals surface area contributed by atoms with Crippen molar-refractivity contribution in [2.45, 2.75) is 39.9 Å². The van der Waals surface area contributed by atoms with Crippen molar-refractivity contribution in [3.8, 4) is 11.5 Å². The van der Waals surface area contributed by atoms with Crippen molar-refractivity contribution in [1.82, 2.24) is 9.97 Å². The van der Waals surface area contributed by atoms with E-state index in [1.807, 2.05) is 33.8 Å². The zero-order chi connectivity index (χ0) is 18.0. The third kappa shape index (κ3) is 4.37. The Kier molecular flexibility index (Phi) is 4.48. The van der Waals surface area contributed by atoms with Gasteiger partial charge in [0.05, 0.1) is 0 Å². The molecule has 1 aromatic carbocycles. The number of amides is 1. The van der Waals surface area contributed by atoms with E-state index in [1.165, 1.54) is 0 Å². The predicted octanol–water partition coefficient (Wildman–Crippen LogP) is 3.04. The molecule has 0 saturated heterocycles. The van der Waals surface area contributed by atoms with Gasteiger partial charge in [-0.25, -0.2) is 9.97 Å². The van der Waals surface area contributed by atoms with Gasteiger partial charge in [-0.05, 0) is 32.0 Å². The summed E-state index contributed by atoms with van der Waals surface area (Å²) in [7, 11) is 0. The minimum atomic E-state index is -0.680. The Morgan fingerprint density at radius 3 is 2.48 bits per heavy atom. The molecule has 0 aliphatic carbocycles. The highest BCUT2D eigenvalue weighted by Crippen LogP contribution is 2.40. The normalized spacial score (nSPS) is 14.2. The van der Waals surface area contributed by atoms with E-state index in [2.05, 4.69) is 20.6 Å². The lowest BCUT2D eigenvalue weighted by molar-refractivity contribution is -0.115. The van der Waals surface area contributed by atoms with Crippen LogP contribution in [0.2, 0.25) is 0 Å². The average molecular weight is 342 g/mol. The van der Waals surface area contributed by atoms with Gasteiger partial charge >= 0.3 is 0 Å². The van der Waals surface area contributed by atoms with Gasteiger partial charge < -0.3 is 20.1 Å². The van der Waals surface area contributed by atoms with Gasteiger partial charge in [-0.15, -0.1) is 0 Å². The van der Waals surface area contributed by atoms with E-state index in [0.717, 1.165) is 11.4 Å². The number of fused-ring (bicyclic) bond motifs is 1. The number of aromatic nitrogens is 2. The molecule has 25 heavy (non-hydrogen) atoms. The minimum Gasteiger partial charge on any atom is -0.449 e. The highest BCUT2D eigenvalue weighted by molar-refractivity contribution is 5.91. The number of hydrogen-bond acceptors (Lipinski definition) is 6. The van der Waals surface area contributed by atoms with Crippen LogP contribution in [-0.2, 0) is 4.79 Å². The first-order valence-corrected chi connectivity index (χ1v) is 8.19. The largest absolute Gasteiger partial charge is 0.449 e. The Labute approximate surface area is 146 Å². The molecule has 2 heterocycles. The molecule has 0 radical (unpaired) electrons. The maximum Gasteiger partial charge on any atom is 0.246 e. The first kappa shape index (κ1) is 17.0. The number of nitrogens with one attached hydrogen (secondary N) is 2. The Morgan fingerprint density at radius 1 is 1.08 bits per heavy atom. The maximum atomic E-state index is 12.1. The Balaban J connectivity index is 1.52. The van der Waals surface area contributed by atoms with Crippen molar-refractivity contribution in [3.63, 3.8) is 0 Å². The number of carbonyl (C=O) groups is 1. The number of carbonyl (C=O) groups excluding carboxylic acids is 1. The smallest absolute Gasteiger partial charge is 0.246 e. The van der Waals surface area contributed by atoms with Gasteiger partial charge in [0.1, 0.15) is 0 Å². The van der Waals surface area contributed by atoms with Crippen molar-refractivity contribution in [2.24, 2.45) is 0 Å². The molecule has 132 valence electrons. The molecule has 2 N–H and O–H groups in total. The van der Waals surface area contributed by atoms with Gasteiger partial charge in [0.2, 0.25) is 17.6 Å². The monoisotopic (exact) mass is 342 g/mol. The van der Waals surface area contributed by atoms with Gasteiger partial charge in [0.15, 0.2) is 11.5 Å². The summed E-state index contributed by atoms with van der Waals surface area (Å²) >= 11 is 0. The van der Waals surface area contributed by atoms with Crippen LogP contribution < -0.4 is 20.1 Å². The van der Waals surface area contributed by atoms with Crippen LogP contribution >= 0.6 is 0 Å². The molecule has 0 unspecified atom stereocenters. The Morgan fingerprint density at radius 2 is 1.76 bits per heavy atom. The minimum absolute atomic E-state index is 0.102. The van der Waals surface area contributed by atoms with Crippen LogP contribution in [0.4, 0.5) is 11.6 Å². The number of benzene rings is 1. The molecular formula is C18H22N4O3. The molecule has 7 nitrogen and oxygen atoms in total. The summed E-state index contributed by atoms with van der Waals surface area (Å²) in [5, 5.41) is 5.92. The van der Waals surface area contributed by atoms with Crippen LogP contribution in [0.1, 0.15) is 31.7 Å². The van der Waals surface area contributed by atoms with Crippen LogP contribution in [-0.4, -0.2) is 28.2 Å². The number of nitrogens with zero attached hydrogens (tertiary/aromatic N) is 2. The van der Waals surface area contributed by atoms with Crippen molar-refractivity contribution in [1.29, 1.82) is 0 Å². The van der Waals surface area contributed by atoms with Gasteiger partial charge in [-0.3, -0.25) is 4.79 Å². The standard InChI is InChI=1S/C18H22N4O3/c1-11-9-12(2)21-17(20-11)19-8-7-16(23)22-13-5-6-14-15(10-13)25-18(3,4)24-14/h5-6,9-10H,7-8H2,1-4H3,(H,22,23)(H,19,20,21). The van der Waals surface area contributed by atoms with Crippen molar-refractivity contribution >= 4 is 17.5 Å². The van der Waals surface area contributed by atoms with Crippen LogP contribution in [0.15, 0.2) is 24.3 Å². The fourth-order valence-corrected chi connectivity index (χ4v) is 2.62. The second-order valence-electron chi connectivity index (χ2n) is 6.46. The summed E-state index contributed by atoms with van der Waals surface area (Å²) in [6.07, 6.45) is 0.302. The van der Waals surface area contributed by atoms with Gasteiger partial charge in [0.25, 0.3) is 0 Å². The summed E-state index contributed by atoms with van der Waals surface area (Å²) in [5.74, 6) is 1.06. The molecule has 0 spiro atoms. The Hall–Kier alpha value is -2.83. The fourth-order valence-electron chi connectivity index (χ4n) is 2.62. The van der Waals surface area contributed by atoms with Gasteiger partial charge in [0, 0.05) is 50.0 Å². The number of rotatable bonds is 5. The van der Waals surface area contributed by atoms with Crippen molar-refractivity contribution < 1.29 is 14.3 Å². The summed E-state index contributed by atoms with van der Waals surface area (Å²) in [5.41, 5.74) is 2.46. The highest BCUT2D eigenvalue weighted by atomic mass is 16.7. The average Bonchev–Trinajstić information content (AvgIpc) is 2.79. The molecule has 1 amide bonds. The van der Waals surface area contributed by atoms with Crippen LogP contribution in [0.3, 0.4) is 0 Å². The summed E-state index contributed by atoms with van der Waals surface area (Å²) in [4.78, 5) is 20.7. The summed E-state index contributed by atoms with van der Waals surface area (Å²) in [6.45, 7) is 7.95. The van der Waals surface area contributed by atoms with Crippen LogP contribution in [0, 0.1) is 13.8 Å². The zero-order valence-electron chi connectivity index (χ0n) is 14.8. The number of aryl methyl sites for hydroxylation is 2. The van der Waals surface area contributed by atoms with Crippen molar-refractivity contribution in [2.75, 3.05) is 17.2 Å². The first-order chi connectivity index (χ1) is 11.8. The lowest BCUT2D eigenvalue weighted by Crippen LogP contribution is -2.29. The molecular weight excluding hydrogens is 320 g/mol. The quantitative estimate of drug-likeness (QED) is 0.869. The zero-order valence-corrected chi connectivity index (χ0v) is 14.8. The Bertz CT molecular complexity index is 785. The molecule has 0 saturated carbocycles. The second-order valence-corrected chi connectivity index (χ2v) is 6.46. The number of ether oxygens (including phenoxy) is 2. The number of hydrogen-bond donors (Lipinski definition) is 2. The molecule has 1 aliphatic rings. The second kappa shape index (κ2) is 6.58. The third-order valence-corrected chi connectivity index (χ3v) is 3.56.